The number of aromatic nitrogens is 2. The van der Waals surface area contributed by atoms with Crippen LogP contribution >= 0.6 is 0 Å². The predicted molar refractivity (Wildman–Crippen MR) is 103 cm³/mol. The quantitative estimate of drug-likeness (QED) is 0.752. The minimum absolute atomic E-state index is 0.212. The van der Waals surface area contributed by atoms with Crippen LogP contribution in [-0.4, -0.2) is 15.5 Å². The van der Waals surface area contributed by atoms with E-state index < -0.39 is 5.82 Å². The van der Waals surface area contributed by atoms with Gasteiger partial charge in [-0.3, -0.25) is 14.2 Å². The molecule has 0 fully saturated rings. The molecule has 3 aromatic rings. The fourth-order valence-corrected chi connectivity index (χ4v) is 2.78. The summed E-state index contributed by atoms with van der Waals surface area (Å²) in [6.07, 6.45) is 0.563. The molecule has 0 atom stereocenters. The second-order valence-corrected chi connectivity index (χ2v) is 6.22. The zero-order chi connectivity index (χ0) is 19.4. The lowest BCUT2D eigenvalue weighted by Gasteiger charge is -2.14. The van der Waals surface area contributed by atoms with Crippen LogP contribution in [0.1, 0.15) is 18.2 Å². The molecule has 27 heavy (non-hydrogen) atoms. The van der Waals surface area contributed by atoms with Crippen LogP contribution < -0.4 is 10.9 Å². The van der Waals surface area contributed by atoms with E-state index >= 15 is 0 Å². The summed E-state index contributed by atoms with van der Waals surface area (Å²) in [5, 5.41) is 2.80. The third kappa shape index (κ3) is 4.28. The number of hydrogen-bond acceptors (Lipinski definition) is 3. The number of benzene rings is 2. The summed E-state index contributed by atoms with van der Waals surface area (Å²) in [6, 6.07) is 14.6. The van der Waals surface area contributed by atoms with Crippen molar-refractivity contribution >= 4 is 11.6 Å². The molecule has 138 valence electrons. The normalized spacial score (nSPS) is 10.6. The summed E-state index contributed by atoms with van der Waals surface area (Å²) in [5.74, 6) is -0.506. The maximum atomic E-state index is 13.7. The Balaban J connectivity index is 1.98. The Morgan fingerprint density at radius 1 is 1.15 bits per heavy atom. The minimum Gasteiger partial charge on any atom is -0.324 e. The van der Waals surface area contributed by atoms with E-state index in [4.69, 9.17) is 0 Å². The number of carbonyl (C=O) groups is 1. The lowest BCUT2D eigenvalue weighted by molar-refractivity contribution is -0.116. The second kappa shape index (κ2) is 7.95. The van der Waals surface area contributed by atoms with Crippen molar-refractivity contribution in [3.05, 3.63) is 82.0 Å². The van der Waals surface area contributed by atoms with E-state index in [2.05, 4.69) is 10.3 Å². The number of rotatable bonds is 5. The molecule has 1 heterocycles. The van der Waals surface area contributed by atoms with E-state index in [9.17, 15) is 14.0 Å². The monoisotopic (exact) mass is 365 g/mol. The summed E-state index contributed by atoms with van der Waals surface area (Å²) in [5.41, 5.74) is 2.30. The lowest BCUT2D eigenvalue weighted by atomic mass is 10.2. The number of carbonyl (C=O) groups excluding carboxylic acids is 1. The number of hydrogen-bond donors (Lipinski definition) is 1. The van der Waals surface area contributed by atoms with Crippen molar-refractivity contribution in [1.82, 2.24) is 9.55 Å². The summed E-state index contributed by atoms with van der Waals surface area (Å²) in [7, 11) is 0. The molecular weight excluding hydrogens is 345 g/mol. The van der Waals surface area contributed by atoms with Crippen molar-refractivity contribution in [3.8, 4) is 11.4 Å². The maximum Gasteiger partial charge on any atom is 0.254 e. The first-order valence-corrected chi connectivity index (χ1v) is 8.70. The molecule has 3 rings (SSSR count). The fraction of sp³-hybridized carbons (Fsp3) is 0.190. The van der Waals surface area contributed by atoms with Crippen LogP contribution in [0.4, 0.5) is 10.1 Å². The molecule has 0 aliphatic rings. The number of nitrogens with zero attached hydrogens (tertiary/aromatic N) is 2. The Labute approximate surface area is 156 Å². The number of nitrogens with one attached hydrogen (secondary N) is 1. The highest BCUT2D eigenvalue weighted by Gasteiger charge is 2.15. The summed E-state index contributed by atoms with van der Waals surface area (Å²) < 4.78 is 14.9. The molecule has 1 aromatic heterocycles. The number of amides is 1. The first-order valence-electron chi connectivity index (χ1n) is 8.70. The molecule has 1 amide bonds. The largest absolute Gasteiger partial charge is 0.324 e. The van der Waals surface area contributed by atoms with Crippen LogP contribution in [0.5, 0.6) is 0 Å². The van der Waals surface area contributed by atoms with E-state index in [1.54, 1.807) is 18.2 Å². The van der Waals surface area contributed by atoms with E-state index in [0.717, 1.165) is 5.56 Å². The molecule has 6 heteroatoms. The van der Waals surface area contributed by atoms with E-state index in [1.807, 2.05) is 32.0 Å². The highest BCUT2D eigenvalue weighted by atomic mass is 19.1. The number of anilines is 1. The lowest BCUT2D eigenvalue weighted by Crippen LogP contribution is -2.30. The van der Waals surface area contributed by atoms with Crippen LogP contribution in [0.15, 0.2) is 59.4 Å². The van der Waals surface area contributed by atoms with Gasteiger partial charge in [0.05, 0.1) is 0 Å². The third-order valence-corrected chi connectivity index (χ3v) is 4.23. The Hall–Kier alpha value is -3.28. The van der Waals surface area contributed by atoms with Crippen LogP contribution in [0.3, 0.4) is 0 Å². The molecule has 0 aliphatic heterocycles. The molecule has 1 N–H and O–H groups in total. The van der Waals surface area contributed by atoms with Gasteiger partial charge < -0.3 is 5.32 Å². The van der Waals surface area contributed by atoms with Crippen LogP contribution in [0.2, 0.25) is 0 Å². The van der Waals surface area contributed by atoms with Gasteiger partial charge in [0.15, 0.2) is 0 Å². The van der Waals surface area contributed by atoms with Crippen LogP contribution in [-0.2, 0) is 17.8 Å². The minimum atomic E-state index is -0.431. The van der Waals surface area contributed by atoms with Crippen molar-refractivity contribution in [3.63, 3.8) is 0 Å². The van der Waals surface area contributed by atoms with Crippen molar-refractivity contribution in [2.45, 2.75) is 26.8 Å². The van der Waals surface area contributed by atoms with Gasteiger partial charge in [-0.1, -0.05) is 37.3 Å². The predicted octanol–water partition coefficient (Wildman–Crippen LogP) is 3.56. The summed E-state index contributed by atoms with van der Waals surface area (Å²) >= 11 is 0. The highest BCUT2D eigenvalue weighted by molar-refractivity contribution is 5.91. The smallest absolute Gasteiger partial charge is 0.254 e. The van der Waals surface area contributed by atoms with Crippen molar-refractivity contribution in [2.24, 2.45) is 0 Å². The van der Waals surface area contributed by atoms with Gasteiger partial charge in [-0.05, 0) is 37.1 Å². The number of para-hydroxylation sites is 1. The van der Waals surface area contributed by atoms with E-state index in [1.165, 1.54) is 22.8 Å². The van der Waals surface area contributed by atoms with Gasteiger partial charge in [-0.25, -0.2) is 9.37 Å². The topological polar surface area (TPSA) is 64.0 Å². The average Bonchev–Trinajstić information content (AvgIpc) is 2.65. The van der Waals surface area contributed by atoms with Crippen LogP contribution in [0, 0.1) is 12.7 Å². The maximum absolute atomic E-state index is 13.7. The van der Waals surface area contributed by atoms with E-state index in [-0.39, 0.29) is 23.8 Å². The van der Waals surface area contributed by atoms with Crippen LogP contribution in [0.25, 0.3) is 11.4 Å². The van der Waals surface area contributed by atoms with Crippen molar-refractivity contribution in [1.29, 1.82) is 0 Å². The molecule has 5 nitrogen and oxygen atoms in total. The second-order valence-electron chi connectivity index (χ2n) is 6.22. The Morgan fingerprint density at radius 2 is 1.93 bits per heavy atom. The zero-order valence-corrected chi connectivity index (χ0v) is 15.2. The fourth-order valence-electron chi connectivity index (χ4n) is 2.78. The zero-order valence-electron chi connectivity index (χ0n) is 15.2. The first-order chi connectivity index (χ1) is 13.0. The number of halogens is 1. The molecule has 0 saturated carbocycles. The van der Waals surface area contributed by atoms with Gasteiger partial charge in [0.25, 0.3) is 5.56 Å². The Morgan fingerprint density at radius 3 is 2.63 bits per heavy atom. The SMILES string of the molecule is CCc1cc(=O)n(CC(=O)Nc2ccccc2C)c(-c2cccc(F)c2)n1. The molecule has 0 radical (unpaired) electrons. The molecule has 2 aromatic carbocycles. The molecule has 0 saturated heterocycles. The van der Waals surface area contributed by atoms with Gasteiger partial charge in [0.1, 0.15) is 18.2 Å². The van der Waals surface area contributed by atoms with Crippen molar-refractivity contribution in [2.75, 3.05) is 5.32 Å². The first kappa shape index (κ1) is 18.5. The number of aryl methyl sites for hydroxylation is 2. The molecule has 0 aliphatic carbocycles. The summed E-state index contributed by atoms with van der Waals surface area (Å²) in [6.45, 7) is 3.56. The third-order valence-electron chi connectivity index (χ3n) is 4.23. The Kier molecular flexibility index (Phi) is 5.45. The van der Waals surface area contributed by atoms with Gasteiger partial charge in [0.2, 0.25) is 5.91 Å². The Bertz CT molecular complexity index is 1040. The van der Waals surface area contributed by atoms with Crippen molar-refractivity contribution < 1.29 is 9.18 Å². The average molecular weight is 365 g/mol. The van der Waals surface area contributed by atoms with Gasteiger partial charge in [0, 0.05) is 23.0 Å². The molecular formula is C21H20FN3O2. The molecule has 0 unspecified atom stereocenters. The summed E-state index contributed by atoms with van der Waals surface area (Å²) in [4.78, 5) is 29.6. The van der Waals surface area contributed by atoms with Gasteiger partial charge in [-0.2, -0.15) is 0 Å². The van der Waals surface area contributed by atoms with E-state index in [0.29, 0.717) is 23.4 Å². The molecule has 0 bridgehead atoms. The molecule has 0 spiro atoms. The van der Waals surface area contributed by atoms with Gasteiger partial charge in [-0.15, -0.1) is 0 Å². The standard InChI is InChI=1S/C21H20FN3O2/c1-3-17-12-20(27)25(21(23-17)15-8-6-9-16(22)11-15)13-19(26)24-18-10-5-4-7-14(18)2/h4-12H,3,13H2,1-2H3,(H,24,26). The highest BCUT2D eigenvalue weighted by Crippen LogP contribution is 2.18. The van der Waals surface area contributed by atoms with Gasteiger partial charge >= 0.3 is 0 Å².